The molecule has 0 bridgehead atoms. The molecular formula is C15H23N3O2. The number of nitrogens with one attached hydrogen (secondary N) is 1. The van der Waals surface area contributed by atoms with Gasteiger partial charge in [-0.2, -0.15) is 0 Å². The number of amides is 1. The zero-order valence-electron chi connectivity index (χ0n) is 12.1. The van der Waals surface area contributed by atoms with Crippen molar-refractivity contribution in [1.29, 1.82) is 0 Å². The van der Waals surface area contributed by atoms with Gasteiger partial charge in [0.05, 0.1) is 0 Å². The van der Waals surface area contributed by atoms with Gasteiger partial charge in [-0.05, 0) is 24.5 Å². The van der Waals surface area contributed by atoms with Gasteiger partial charge in [-0.3, -0.25) is 4.79 Å². The summed E-state index contributed by atoms with van der Waals surface area (Å²) in [6, 6.07) is 4.07. The van der Waals surface area contributed by atoms with Gasteiger partial charge in [0.1, 0.15) is 12.4 Å². The summed E-state index contributed by atoms with van der Waals surface area (Å²) in [5.41, 5.74) is 1.01. The van der Waals surface area contributed by atoms with Crippen LogP contribution in [0.2, 0.25) is 0 Å². The number of carbonyl (C=O) groups excluding carboxylic acids is 1. The molecule has 0 radical (unpaired) electrons. The number of hydrogen-bond acceptors (Lipinski definition) is 4. The van der Waals surface area contributed by atoms with Crippen LogP contribution in [0, 0.1) is 0 Å². The van der Waals surface area contributed by atoms with E-state index in [0.717, 1.165) is 24.5 Å². The van der Waals surface area contributed by atoms with E-state index in [-0.39, 0.29) is 12.5 Å². The average molecular weight is 277 g/mol. The van der Waals surface area contributed by atoms with Gasteiger partial charge in [-0.1, -0.05) is 18.9 Å². The Kier molecular flexibility index (Phi) is 5.80. The quantitative estimate of drug-likeness (QED) is 0.890. The van der Waals surface area contributed by atoms with E-state index >= 15 is 0 Å². The zero-order valence-corrected chi connectivity index (χ0v) is 12.1. The molecule has 5 nitrogen and oxygen atoms in total. The van der Waals surface area contributed by atoms with E-state index < -0.39 is 0 Å². The first-order valence-corrected chi connectivity index (χ1v) is 7.25. The van der Waals surface area contributed by atoms with Crippen LogP contribution in [0.4, 0.5) is 5.82 Å². The molecule has 5 heteroatoms. The molecule has 110 valence electrons. The van der Waals surface area contributed by atoms with Crippen LogP contribution < -0.4 is 10.2 Å². The normalized spacial score (nSPS) is 15.8. The van der Waals surface area contributed by atoms with Gasteiger partial charge in [0.25, 0.3) is 0 Å². The summed E-state index contributed by atoms with van der Waals surface area (Å²) in [6.45, 7) is 2.78. The molecule has 1 aliphatic rings. The number of rotatable bonds is 5. The summed E-state index contributed by atoms with van der Waals surface area (Å²) >= 11 is 0. The Hall–Kier alpha value is -1.62. The van der Waals surface area contributed by atoms with E-state index in [1.807, 2.05) is 18.3 Å². The van der Waals surface area contributed by atoms with Gasteiger partial charge in [0, 0.05) is 32.9 Å². The highest BCUT2D eigenvalue weighted by atomic mass is 16.5. The summed E-state index contributed by atoms with van der Waals surface area (Å²) < 4.78 is 4.77. The molecule has 1 saturated heterocycles. The van der Waals surface area contributed by atoms with Gasteiger partial charge in [-0.25, -0.2) is 4.98 Å². The SMILES string of the molecule is COCC(=O)NCc1ccc(N2CCCCCC2)nc1. The number of ether oxygens (including phenoxy) is 1. The van der Waals surface area contributed by atoms with E-state index in [2.05, 4.69) is 15.2 Å². The van der Waals surface area contributed by atoms with Crippen molar-refractivity contribution in [1.82, 2.24) is 10.3 Å². The van der Waals surface area contributed by atoms with Crippen molar-refractivity contribution in [3.8, 4) is 0 Å². The van der Waals surface area contributed by atoms with Crippen molar-refractivity contribution in [2.75, 3.05) is 31.7 Å². The second-order valence-electron chi connectivity index (χ2n) is 5.14. The second kappa shape index (κ2) is 7.85. The molecule has 0 aliphatic carbocycles. The maximum atomic E-state index is 11.3. The van der Waals surface area contributed by atoms with Gasteiger partial charge < -0.3 is 15.0 Å². The fourth-order valence-corrected chi connectivity index (χ4v) is 2.39. The Morgan fingerprint density at radius 2 is 2.05 bits per heavy atom. The maximum absolute atomic E-state index is 11.3. The van der Waals surface area contributed by atoms with Crippen LogP contribution in [0.3, 0.4) is 0 Å². The summed E-state index contributed by atoms with van der Waals surface area (Å²) in [4.78, 5) is 18.2. The first-order valence-electron chi connectivity index (χ1n) is 7.25. The third kappa shape index (κ3) is 4.49. The summed E-state index contributed by atoms with van der Waals surface area (Å²) in [6.07, 6.45) is 6.97. The minimum absolute atomic E-state index is 0.0965. The Morgan fingerprint density at radius 3 is 2.65 bits per heavy atom. The lowest BCUT2D eigenvalue weighted by Gasteiger charge is -2.21. The van der Waals surface area contributed by atoms with Crippen molar-refractivity contribution in [2.45, 2.75) is 32.2 Å². The van der Waals surface area contributed by atoms with Crippen LogP contribution in [0.1, 0.15) is 31.2 Å². The largest absolute Gasteiger partial charge is 0.375 e. The standard InChI is InChI=1S/C15H23N3O2/c1-20-12-15(19)17-11-13-6-7-14(16-10-13)18-8-4-2-3-5-9-18/h6-7,10H,2-5,8-9,11-12H2,1H3,(H,17,19). The van der Waals surface area contributed by atoms with Crippen LogP contribution >= 0.6 is 0 Å². The van der Waals surface area contributed by atoms with Crippen molar-refractivity contribution in [3.05, 3.63) is 23.9 Å². The fraction of sp³-hybridized carbons (Fsp3) is 0.600. The molecule has 0 saturated carbocycles. The van der Waals surface area contributed by atoms with Crippen LogP contribution in [0.25, 0.3) is 0 Å². The number of nitrogens with zero attached hydrogens (tertiary/aromatic N) is 2. The van der Waals surface area contributed by atoms with Gasteiger partial charge in [0.15, 0.2) is 0 Å². The number of carbonyl (C=O) groups is 1. The highest BCUT2D eigenvalue weighted by molar-refractivity contribution is 5.77. The van der Waals surface area contributed by atoms with Crippen molar-refractivity contribution < 1.29 is 9.53 Å². The lowest BCUT2D eigenvalue weighted by atomic mass is 10.2. The van der Waals surface area contributed by atoms with Crippen LogP contribution in [0.5, 0.6) is 0 Å². The highest BCUT2D eigenvalue weighted by Crippen LogP contribution is 2.17. The topological polar surface area (TPSA) is 54.5 Å². The third-order valence-electron chi connectivity index (χ3n) is 3.50. The molecule has 0 unspecified atom stereocenters. The molecule has 0 atom stereocenters. The molecular weight excluding hydrogens is 254 g/mol. The van der Waals surface area contributed by atoms with Crippen molar-refractivity contribution >= 4 is 11.7 Å². The molecule has 0 spiro atoms. The molecule has 1 aliphatic heterocycles. The van der Waals surface area contributed by atoms with Gasteiger partial charge in [-0.15, -0.1) is 0 Å². The van der Waals surface area contributed by atoms with Crippen LogP contribution in [-0.4, -0.2) is 37.7 Å². The van der Waals surface area contributed by atoms with Gasteiger partial charge in [0.2, 0.25) is 5.91 Å². The molecule has 1 amide bonds. The number of methoxy groups -OCH3 is 1. The minimum Gasteiger partial charge on any atom is -0.375 e. The third-order valence-corrected chi connectivity index (χ3v) is 3.50. The van der Waals surface area contributed by atoms with E-state index in [1.54, 1.807) is 0 Å². The average Bonchev–Trinajstić information content (AvgIpc) is 2.75. The maximum Gasteiger partial charge on any atom is 0.246 e. The van der Waals surface area contributed by atoms with E-state index in [0.29, 0.717) is 6.54 Å². The molecule has 0 aromatic carbocycles. The lowest BCUT2D eigenvalue weighted by Crippen LogP contribution is -2.27. The number of aromatic nitrogens is 1. The molecule has 1 N–H and O–H groups in total. The first kappa shape index (κ1) is 14.8. The van der Waals surface area contributed by atoms with Crippen LogP contribution in [0.15, 0.2) is 18.3 Å². The Labute approximate surface area is 120 Å². The van der Waals surface area contributed by atoms with Gasteiger partial charge >= 0.3 is 0 Å². The smallest absolute Gasteiger partial charge is 0.246 e. The molecule has 2 rings (SSSR count). The van der Waals surface area contributed by atoms with E-state index in [4.69, 9.17) is 4.74 Å². The Morgan fingerprint density at radius 1 is 1.30 bits per heavy atom. The molecule has 20 heavy (non-hydrogen) atoms. The van der Waals surface area contributed by atoms with E-state index in [1.165, 1.54) is 32.8 Å². The number of anilines is 1. The summed E-state index contributed by atoms with van der Waals surface area (Å²) in [7, 11) is 1.51. The van der Waals surface area contributed by atoms with E-state index in [9.17, 15) is 4.79 Å². The zero-order chi connectivity index (χ0) is 14.2. The monoisotopic (exact) mass is 277 g/mol. The summed E-state index contributed by atoms with van der Waals surface area (Å²) in [5, 5.41) is 2.79. The van der Waals surface area contributed by atoms with Crippen molar-refractivity contribution in [2.24, 2.45) is 0 Å². The fourth-order valence-electron chi connectivity index (χ4n) is 2.39. The first-order chi connectivity index (χ1) is 9.79. The molecule has 1 fully saturated rings. The Balaban J connectivity index is 1.87. The second-order valence-corrected chi connectivity index (χ2v) is 5.14. The van der Waals surface area contributed by atoms with Crippen LogP contribution in [-0.2, 0) is 16.1 Å². The molecule has 2 heterocycles. The minimum atomic E-state index is -0.107. The molecule has 1 aromatic rings. The number of pyridine rings is 1. The summed E-state index contributed by atoms with van der Waals surface area (Å²) in [5.74, 6) is 0.933. The lowest BCUT2D eigenvalue weighted by molar-refractivity contribution is -0.124. The predicted octanol–water partition coefficient (Wildman–Crippen LogP) is 1.72. The highest BCUT2D eigenvalue weighted by Gasteiger charge is 2.10. The van der Waals surface area contributed by atoms with Crippen molar-refractivity contribution in [3.63, 3.8) is 0 Å². The molecule has 1 aromatic heterocycles. The Bertz CT molecular complexity index is 412. The number of hydrogen-bond donors (Lipinski definition) is 1. The predicted molar refractivity (Wildman–Crippen MR) is 78.6 cm³/mol.